The molecule has 0 aromatic heterocycles. The average molecular weight is 273 g/mol. The number of thioether (sulfide) groups is 1. The van der Waals surface area contributed by atoms with Crippen LogP contribution in [0.1, 0.15) is 0 Å². The molecule has 6 heteroatoms. The third kappa shape index (κ3) is 3.62. The second-order valence-corrected chi connectivity index (χ2v) is 6.85. The second-order valence-electron chi connectivity index (χ2n) is 3.69. The molecule has 1 aromatic rings. The average Bonchev–Trinajstić information content (AvgIpc) is 2.84. The Hall–Kier alpha value is -0.720. The molecule has 4 nitrogen and oxygen atoms in total. The van der Waals surface area contributed by atoms with E-state index in [-0.39, 0.29) is 12.4 Å². The van der Waals surface area contributed by atoms with E-state index in [0.29, 0.717) is 18.2 Å². The predicted molar refractivity (Wildman–Crippen MR) is 69.8 cm³/mol. The maximum atomic E-state index is 11.9. The van der Waals surface area contributed by atoms with Gasteiger partial charge in [0.1, 0.15) is 12.4 Å². The highest BCUT2D eigenvalue weighted by Crippen LogP contribution is 2.17. The first-order valence-corrected chi connectivity index (χ1v) is 8.18. The van der Waals surface area contributed by atoms with E-state index in [1.54, 1.807) is 11.8 Å². The lowest BCUT2D eigenvalue weighted by Gasteiger charge is -2.14. The van der Waals surface area contributed by atoms with Gasteiger partial charge >= 0.3 is 0 Å². The first kappa shape index (κ1) is 12.7. The Kier molecular flexibility index (Phi) is 4.31. The largest absolute Gasteiger partial charge is 0.492 e. The van der Waals surface area contributed by atoms with Gasteiger partial charge in [-0.3, -0.25) is 0 Å². The van der Waals surface area contributed by atoms with Gasteiger partial charge in [-0.2, -0.15) is 4.31 Å². The maximum absolute atomic E-state index is 11.9. The highest BCUT2D eigenvalue weighted by molar-refractivity contribution is 8.00. The number of nitrogens with zero attached hydrogens (tertiary/aromatic N) is 1. The SMILES string of the molecule is O=S(=O)(CCOc1ccccc1)N1CCSC1. The zero-order valence-electron chi connectivity index (χ0n) is 9.41. The first-order valence-electron chi connectivity index (χ1n) is 5.42. The fraction of sp³-hybridized carbons (Fsp3) is 0.455. The van der Waals surface area contributed by atoms with Crippen LogP contribution in [0.15, 0.2) is 30.3 Å². The predicted octanol–water partition coefficient (Wildman–Crippen LogP) is 1.40. The summed E-state index contributed by atoms with van der Waals surface area (Å²) in [5.41, 5.74) is 0. The van der Waals surface area contributed by atoms with Gasteiger partial charge in [-0.25, -0.2) is 8.42 Å². The van der Waals surface area contributed by atoms with Gasteiger partial charge in [0.2, 0.25) is 10.0 Å². The number of ether oxygens (including phenoxy) is 1. The summed E-state index contributed by atoms with van der Waals surface area (Å²) < 4.78 is 30.6. The molecule has 2 rings (SSSR count). The summed E-state index contributed by atoms with van der Waals surface area (Å²) in [4.78, 5) is 0. The van der Waals surface area contributed by atoms with Crippen molar-refractivity contribution in [2.24, 2.45) is 0 Å². The van der Waals surface area contributed by atoms with Crippen LogP contribution in [0, 0.1) is 0 Å². The van der Waals surface area contributed by atoms with Crippen molar-refractivity contribution < 1.29 is 13.2 Å². The summed E-state index contributed by atoms with van der Waals surface area (Å²) in [6.45, 7) is 0.825. The van der Waals surface area contributed by atoms with Crippen LogP contribution in [0.3, 0.4) is 0 Å². The minimum atomic E-state index is -3.14. The van der Waals surface area contributed by atoms with Crippen molar-refractivity contribution >= 4 is 21.8 Å². The molecular formula is C11H15NO3S2. The van der Waals surface area contributed by atoms with Gasteiger partial charge < -0.3 is 4.74 Å². The number of hydrogen-bond acceptors (Lipinski definition) is 4. The summed E-state index contributed by atoms with van der Waals surface area (Å²) in [5.74, 6) is 2.22. The third-order valence-corrected chi connectivity index (χ3v) is 5.38. The summed E-state index contributed by atoms with van der Waals surface area (Å²) >= 11 is 1.64. The van der Waals surface area contributed by atoms with E-state index < -0.39 is 10.0 Å². The highest BCUT2D eigenvalue weighted by Gasteiger charge is 2.25. The molecular weight excluding hydrogens is 258 g/mol. The normalized spacial score (nSPS) is 17.2. The molecule has 0 atom stereocenters. The van der Waals surface area contributed by atoms with Gasteiger partial charge in [0.25, 0.3) is 0 Å². The molecule has 0 spiro atoms. The van der Waals surface area contributed by atoms with Gasteiger partial charge in [0.05, 0.1) is 11.6 Å². The fourth-order valence-corrected chi connectivity index (χ4v) is 4.24. The van der Waals surface area contributed by atoms with Crippen molar-refractivity contribution in [2.75, 3.05) is 30.5 Å². The minimum Gasteiger partial charge on any atom is -0.492 e. The Morgan fingerprint density at radius 3 is 2.71 bits per heavy atom. The zero-order valence-corrected chi connectivity index (χ0v) is 11.0. The summed E-state index contributed by atoms with van der Waals surface area (Å²) in [6, 6.07) is 9.25. The van der Waals surface area contributed by atoms with Crippen LogP contribution in [0.5, 0.6) is 5.75 Å². The molecule has 0 aliphatic carbocycles. The van der Waals surface area contributed by atoms with Crippen LogP contribution in [0.25, 0.3) is 0 Å². The molecule has 0 amide bonds. The Labute approximate surface area is 106 Å². The molecule has 0 saturated carbocycles. The van der Waals surface area contributed by atoms with Crippen LogP contribution in [0.4, 0.5) is 0 Å². The van der Waals surface area contributed by atoms with Crippen LogP contribution in [-0.4, -0.2) is 43.3 Å². The fourth-order valence-electron chi connectivity index (χ4n) is 1.53. The summed E-state index contributed by atoms with van der Waals surface area (Å²) in [7, 11) is -3.14. The number of sulfonamides is 1. The van der Waals surface area contributed by atoms with Crippen LogP contribution < -0.4 is 4.74 Å². The summed E-state index contributed by atoms with van der Waals surface area (Å²) in [6.07, 6.45) is 0. The number of rotatable bonds is 5. The van der Waals surface area contributed by atoms with Gasteiger partial charge in [-0.15, -0.1) is 11.8 Å². The van der Waals surface area contributed by atoms with Crippen LogP contribution in [-0.2, 0) is 10.0 Å². The molecule has 1 aliphatic heterocycles. The van der Waals surface area contributed by atoms with Crippen molar-refractivity contribution in [3.05, 3.63) is 30.3 Å². The van der Waals surface area contributed by atoms with E-state index in [4.69, 9.17) is 4.74 Å². The molecule has 0 N–H and O–H groups in total. The molecule has 94 valence electrons. The van der Waals surface area contributed by atoms with E-state index in [0.717, 1.165) is 5.75 Å². The highest BCUT2D eigenvalue weighted by atomic mass is 32.2. The van der Waals surface area contributed by atoms with Crippen molar-refractivity contribution in [3.63, 3.8) is 0 Å². The lowest BCUT2D eigenvalue weighted by molar-refractivity contribution is 0.337. The number of hydrogen-bond donors (Lipinski definition) is 0. The zero-order chi connectivity index (χ0) is 12.1. The first-order chi connectivity index (χ1) is 8.18. The Balaban J connectivity index is 1.82. The molecule has 0 radical (unpaired) electrons. The molecule has 1 fully saturated rings. The Morgan fingerprint density at radius 2 is 2.06 bits per heavy atom. The van der Waals surface area contributed by atoms with E-state index in [2.05, 4.69) is 0 Å². The third-order valence-electron chi connectivity index (χ3n) is 2.47. The second kappa shape index (κ2) is 5.75. The lowest BCUT2D eigenvalue weighted by Crippen LogP contribution is -2.32. The van der Waals surface area contributed by atoms with Crippen molar-refractivity contribution in [1.82, 2.24) is 4.31 Å². The van der Waals surface area contributed by atoms with E-state index in [9.17, 15) is 8.42 Å². The van der Waals surface area contributed by atoms with Gasteiger partial charge in [-0.05, 0) is 12.1 Å². The molecule has 1 saturated heterocycles. The van der Waals surface area contributed by atoms with Gasteiger partial charge in [0, 0.05) is 12.3 Å². The Morgan fingerprint density at radius 1 is 1.29 bits per heavy atom. The molecule has 0 bridgehead atoms. The lowest BCUT2D eigenvalue weighted by atomic mass is 10.3. The van der Waals surface area contributed by atoms with E-state index in [1.165, 1.54) is 4.31 Å². The van der Waals surface area contributed by atoms with Gasteiger partial charge in [-0.1, -0.05) is 18.2 Å². The van der Waals surface area contributed by atoms with Crippen molar-refractivity contribution in [2.45, 2.75) is 0 Å². The van der Waals surface area contributed by atoms with E-state index in [1.807, 2.05) is 30.3 Å². The van der Waals surface area contributed by atoms with Crippen LogP contribution >= 0.6 is 11.8 Å². The number of benzene rings is 1. The topological polar surface area (TPSA) is 46.6 Å². The smallest absolute Gasteiger partial charge is 0.218 e. The molecule has 1 heterocycles. The summed E-state index contributed by atoms with van der Waals surface area (Å²) in [5, 5.41) is 0. The van der Waals surface area contributed by atoms with Crippen molar-refractivity contribution in [1.29, 1.82) is 0 Å². The molecule has 0 unspecified atom stereocenters. The molecule has 1 aromatic carbocycles. The minimum absolute atomic E-state index is 0.0441. The molecule has 1 aliphatic rings. The quantitative estimate of drug-likeness (QED) is 0.813. The Bertz CT molecular complexity index is 441. The van der Waals surface area contributed by atoms with E-state index >= 15 is 0 Å². The van der Waals surface area contributed by atoms with Crippen molar-refractivity contribution in [3.8, 4) is 5.75 Å². The number of para-hydroxylation sites is 1. The monoisotopic (exact) mass is 273 g/mol. The van der Waals surface area contributed by atoms with Crippen LogP contribution in [0.2, 0.25) is 0 Å². The maximum Gasteiger partial charge on any atom is 0.218 e. The molecule has 17 heavy (non-hydrogen) atoms. The standard InChI is InChI=1S/C11H15NO3S2/c13-17(14,12-6-8-16-10-12)9-7-15-11-4-2-1-3-5-11/h1-5H,6-10H2. The van der Waals surface area contributed by atoms with Gasteiger partial charge in [0.15, 0.2) is 0 Å².